The molecular formula is C17H20N2O5S. The van der Waals surface area contributed by atoms with E-state index in [0.29, 0.717) is 28.5 Å². The molecule has 0 heterocycles. The van der Waals surface area contributed by atoms with E-state index in [1.54, 1.807) is 18.2 Å². The maximum absolute atomic E-state index is 11.2. The second kappa shape index (κ2) is 8.48. The van der Waals surface area contributed by atoms with Gasteiger partial charge in [0.15, 0.2) is 11.5 Å². The first kappa shape index (κ1) is 18.7. The van der Waals surface area contributed by atoms with Crippen molar-refractivity contribution in [3.63, 3.8) is 0 Å². The molecule has 0 aliphatic carbocycles. The molecular weight excluding hydrogens is 344 g/mol. The summed E-state index contributed by atoms with van der Waals surface area (Å²) in [5.74, 6) is 1.34. The molecule has 0 spiro atoms. The molecule has 8 heteroatoms. The van der Waals surface area contributed by atoms with Gasteiger partial charge in [-0.25, -0.2) is 0 Å². The number of benzene rings is 2. The predicted octanol–water partition coefficient (Wildman–Crippen LogP) is 3.40. The quantitative estimate of drug-likeness (QED) is 0.332. The number of anilines is 1. The highest BCUT2D eigenvalue weighted by atomic mass is 32.2. The summed E-state index contributed by atoms with van der Waals surface area (Å²) in [6, 6.07) is 10.7. The Kier molecular flexibility index (Phi) is 6.35. The van der Waals surface area contributed by atoms with Crippen LogP contribution in [0.2, 0.25) is 0 Å². The summed E-state index contributed by atoms with van der Waals surface area (Å²) in [7, 11) is 4.52. The van der Waals surface area contributed by atoms with Crippen molar-refractivity contribution >= 4 is 17.4 Å². The standard InChI is InChI=1S/C17H20N2O5S/c1-22-13-8-11(9-14(23-2)17(13)24-3)16(10-19(20)21)25-15-7-5-4-6-12(15)18/h4-9,16H,10,18H2,1-3H3. The van der Waals surface area contributed by atoms with Crippen molar-refractivity contribution in [1.29, 1.82) is 0 Å². The Bertz CT molecular complexity index is 729. The molecule has 2 aromatic carbocycles. The molecule has 0 fully saturated rings. The number of ether oxygens (including phenoxy) is 3. The van der Waals surface area contributed by atoms with Gasteiger partial charge in [0.25, 0.3) is 0 Å². The van der Waals surface area contributed by atoms with Crippen LogP contribution in [0.25, 0.3) is 0 Å². The lowest BCUT2D eigenvalue weighted by molar-refractivity contribution is -0.479. The molecule has 0 bridgehead atoms. The van der Waals surface area contributed by atoms with E-state index >= 15 is 0 Å². The third-order valence-electron chi connectivity index (χ3n) is 3.56. The number of hydrogen-bond donors (Lipinski definition) is 1. The minimum Gasteiger partial charge on any atom is -0.493 e. The Morgan fingerprint density at radius 2 is 1.72 bits per heavy atom. The van der Waals surface area contributed by atoms with Crippen LogP contribution >= 0.6 is 11.8 Å². The van der Waals surface area contributed by atoms with Gasteiger partial charge in [0, 0.05) is 15.5 Å². The molecule has 0 aliphatic rings. The van der Waals surface area contributed by atoms with Crippen molar-refractivity contribution < 1.29 is 19.1 Å². The third kappa shape index (κ3) is 4.48. The van der Waals surface area contributed by atoms with E-state index in [2.05, 4.69) is 0 Å². The van der Waals surface area contributed by atoms with Crippen LogP contribution in [-0.4, -0.2) is 32.8 Å². The van der Waals surface area contributed by atoms with Gasteiger partial charge in [-0.1, -0.05) is 12.1 Å². The molecule has 0 aliphatic heterocycles. The maximum Gasteiger partial charge on any atom is 0.220 e. The number of nitro groups is 1. The number of methoxy groups -OCH3 is 3. The molecule has 0 amide bonds. The van der Waals surface area contributed by atoms with E-state index in [1.807, 2.05) is 18.2 Å². The van der Waals surface area contributed by atoms with Crippen LogP contribution in [0.4, 0.5) is 5.69 Å². The number of rotatable bonds is 8. The van der Waals surface area contributed by atoms with Crippen LogP contribution in [0.15, 0.2) is 41.3 Å². The van der Waals surface area contributed by atoms with Gasteiger partial charge in [0.1, 0.15) is 0 Å². The minimum atomic E-state index is -0.464. The van der Waals surface area contributed by atoms with Crippen molar-refractivity contribution in [1.82, 2.24) is 0 Å². The molecule has 0 radical (unpaired) electrons. The van der Waals surface area contributed by atoms with E-state index in [1.165, 1.54) is 33.1 Å². The number of nitrogens with zero attached hydrogens (tertiary/aromatic N) is 1. The van der Waals surface area contributed by atoms with Gasteiger partial charge >= 0.3 is 0 Å². The lowest BCUT2D eigenvalue weighted by atomic mass is 10.1. The van der Waals surface area contributed by atoms with Gasteiger partial charge < -0.3 is 19.9 Å². The number of hydrogen-bond acceptors (Lipinski definition) is 7. The van der Waals surface area contributed by atoms with Crippen molar-refractivity contribution in [2.45, 2.75) is 10.1 Å². The first-order chi connectivity index (χ1) is 12.0. The monoisotopic (exact) mass is 364 g/mol. The van der Waals surface area contributed by atoms with Crippen molar-refractivity contribution in [3.05, 3.63) is 52.1 Å². The lowest BCUT2D eigenvalue weighted by Gasteiger charge is -2.18. The van der Waals surface area contributed by atoms with Crippen LogP contribution in [-0.2, 0) is 0 Å². The van der Waals surface area contributed by atoms with Crippen molar-refractivity contribution in [2.24, 2.45) is 0 Å². The van der Waals surface area contributed by atoms with Crippen LogP contribution in [0.5, 0.6) is 17.2 Å². The minimum absolute atomic E-state index is 0.266. The van der Waals surface area contributed by atoms with Crippen LogP contribution < -0.4 is 19.9 Å². The molecule has 0 saturated heterocycles. The van der Waals surface area contributed by atoms with E-state index in [9.17, 15) is 10.1 Å². The summed E-state index contributed by atoms with van der Waals surface area (Å²) in [5, 5.41) is 10.7. The summed E-state index contributed by atoms with van der Waals surface area (Å²) >= 11 is 1.33. The lowest BCUT2D eigenvalue weighted by Crippen LogP contribution is -2.11. The molecule has 134 valence electrons. The Labute approximate surface area is 150 Å². The Balaban J connectivity index is 2.47. The Morgan fingerprint density at radius 1 is 1.12 bits per heavy atom. The number of para-hydroxylation sites is 1. The van der Waals surface area contributed by atoms with Crippen molar-refractivity contribution in [2.75, 3.05) is 33.6 Å². The fourth-order valence-corrected chi connectivity index (χ4v) is 3.51. The van der Waals surface area contributed by atoms with E-state index in [0.717, 1.165) is 4.90 Å². The number of thioether (sulfide) groups is 1. The van der Waals surface area contributed by atoms with Crippen molar-refractivity contribution in [3.8, 4) is 17.2 Å². The molecule has 25 heavy (non-hydrogen) atoms. The number of nitrogens with two attached hydrogens (primary N) is 1. The fraction of sp³-hybridized carbons (Fsp3) is 0.294. The van der Waals surface area contributed by atoms with Crippen LogP contribution in [0.1, 0.15) is 10.8 Å². The average molecular weight is 364 g/mol. The summed E-state index contributed by atoms with van der Waals surface area (Å²) in [5.41, 5.74) is 7.25. The third-order valence-corrected chi connectivity index (χ3v) is 4.89. The average Bonchev–Trinajstić information content (AvgIpc) is 2.61. The molecule has 7 nitrogen and oxygen atoms in total. The first-order valence-corrected chi connectivity index (χ1v) is 8.31. The highest BCUT2D eigenvalue weighted by molar-refractivity contribution is 7.99. The van der Waals surface area contributed by atoms with E-state index < -0.39 is 5.25 Å². The Hall–Kier alpha value is -2.61. The van der Waals surface area contributed by atoms with Gasteiger partial charge in [-0.15, -0.1) is 11.8 Å². The highest BCUT2D eigenvalue weighted by Crippen LogP contribution is 2.44. The summed E-state index contributed by atoms with van der Waals surface area (Å²) < 4.78 is 16.0. The number of nitrogen functional groups attached to an aromatic ring is 1. The summed E-state index contributed by atoms with van der Waals surface area (Å²) in [4.78, 5) is 11.6. The highest BCUT2D eigenvalue weighted by Gasteiger charge is 2.24. The predicted molar refractivity (Wildman–Crippen MR) is 97.4 cm³/mol. The zero-order valence-electron chi connectivity index (χ0n) is 14.2. The molecule has 2 aromatic rings. The summed E-state index contributed by atoms with van der Waals surface area (Å²) in [6.07, 6.45) is 0. The van der Waals surface area contributed by atoms with Crippen LogP contribution in [0, 0.1) is 10.1 Å². The second-order valence-electron chi connectivity index (χ2n) is 5.12. The zero-order valence-corrected chi connectivity index (χ0v) is 15.0. The Morgan fingerprint density at radius 3 is 2.20 bits per heavy atom. The molecule has 1 atom stereocenters. The topological polar surface area (TPSA) is 96.9 Å². The zero-order chi connectivity index (χ0) is 18.4. The van der Waals surface area contributed by atoms with Gasteiger partial charge in [-0.05, 0) is 29.8 Å². The molecule has 0 saturated carbocycles. The largest absolute Gasteiger partial charge is 0.493 e. The molecule has 1 unspecified atom stereocenters. The molecule has 2 rings (SSSR count). The SMILES string of the molecule is COc1cc(C(C[N+](=O)[O-])Sc2ccccc2N)cc(OC)c1OC. The smallest absolute Gasteiger partial charge is 0.220 e. The fourth-order valence-electron chi connectivity index (χ4n) is 2.37. The van der Waals surface area contributed by atoms with Gasteiger partial charge in [-0.3, -0.25) is 10.1 Å². The van der Waals surface area contributed by atoms with Gasteiger partial charge in [0.2, 0.25) is 12.3 Å². The van der Waals surface area contributed by atoms with Gasteiger partial charge in [0.05, 0.1) is 26.6 Å². The normalized spacial score (nSPS) is 11.6. The molecule has 2 N–H and O–H groups in total. The first-order valence-electron chi connectivity index (χ1n) is 7.43. The maximum atomic E-state index is 11.2. The van der Waals surface area contributed by atoms with E-state index in [-0.39, 0.29) is 11.5 Å². The second-order valence-corrected chi connectivity index (χ2v) is 6.36. The molecule has 0 aromatic heterocycles. The summed E-state index contributed by atoms with van der Waals surface area (Å²) in [6.45, 7) is -0.266. The van der Waals surface area contributed by atoms with E-state index in [4.69, 9.17) is 19.9 Å². The van der Waals surface area contributed by atoms with Gasteiger partial charge in [-0.2, -0.15) is 0 Å². The van der Waals surface area contributed by atoms with Crippen LogP contribution in [0.3, 0.4) is 0 Å².